The highest BCUT2D eigenvalue weighted by Gasteiger charge is 2.26. The third-order valence-electron chi connectivity index (χ3n) is 3.27. The molecule has 1 aromatic carbocycles. The van der Waals surface area contributed by atoms with E-state index >= 15 is 0 Å². The summed E-state index contributed by atoms with van der Waals surface area (Å²) in [6.07, 6.45) is 1.79. The van der Waals surface area contributed by atoms with Crippen molar-refractivity contribution in [3.63, 3.8) is 0 Å². The van der Waals surface area contributed by atoms with Crippen LogP contribution in [0, 0.1) is 5.41 Å². The number of rotatable bonds is 7. The second-order valence-corrected chi connectivity index (χ2v) is 6.89. The van der Waals surface area contributed by atoms with Crippen molar-refractivity contribution in [3.05, 3.63) is 42.3 Å². The van der Waals surface area contributed by atoms with Crippen molar-refractivity contribution >= 4 is 39.7 Å². The molecule has 6 heteroatoms. The van der Waals surface area contributed by atoms with Crippen LogP contribution in [0.2, 0.25) is 0 Å². The van der Waals surface area contributed by atoms with Gasteiger partial charge in [-0.1, -0.05) is 18.2 Å². The Morgan fingerprint density at radius 3 is 2.96 bits per heavy atom. The number of aromatic nitrogens is 1. The van der Waals surface area contributed by atoms with Crippen molar-refractivity contribution in [1.29, 1.82) is 0 Å². The molecule has 122 valence electrons. The highest BCUT2D eigenvalue weighted by Crippen LogP contribution is 2.27. The predicted molar refractivity (Wildman–Crippen MR) is 99.4 cm³/mol. The topological polar surface area (TPSA) is 54.0 Å². The largest absolute Gasteiger partial charge is 0.358 e. The van der Waals surface area contributed by atoms with E-state index < -0.39 is 5.41 Å². The smallest absolute Gasteiger partial charge is 0.231 e. The Morgan fingerprint density at radius 2 is 2.26 bits per heavy atom. The van der Waals surface area contributed by atoms with Crippen LogP contribution in [0.1, 0.15) is 13.8 Å². The van der Waals surface area contributed by atoms with Gasteiger partial charge in [0.05, 0.1) is 11.1 Å². The lowest BCUT2D eigenvalue weighted by molar-refractivity contribution is -0.122. The molecule has 0 aliphatic heterocycles. The Morgan fingerprint density at radius 1 is 1.48 bits per heavy atom. The minimum Gasteiger partial charge on any atom is -0.358 e. The number of carbonyl (C=O) groups is 1. The molecule has 2 N–H and O–H groups in total. The van der Waals surface area contributed by atoms with Crippen LogP contribution in [0.3, 0.4) is 0 Å². The van der Waals surface area contributed by atoms with Gasteiger partial charge in [-0.25, -0.2) is 4.98 Å². The second-order valence-electron chi connectivity index (χ2n) is 5.76. The lowest BCUT2D eigenvalue weighted by Gasteiger charge is -2.20. The van der Waals surface area contributed by atoms with Gasteiger partial charge in [0.25, 0.3) is 0 Å². The van der Waals surface area contributed by atoms with Crippen LogP contribution in [0.15, 0.2) is 42.3 Å². The average molecular weight is 350 g/mol. The molecular weight excluding hydrogens is 330 g/mol. The molecule has 0 atom stereocenters. The third kappa shape index (κ3) is 4.56. The number of hydrogen-bond acceptors (Lipinski definition) is 4. The highest BCUT2D eigenvalue weighted by atomic mass is 35.5. The molecule has 0 radical (unpaired) electrons. The minimum absolute atomic E-state index is 0.101. The Hall–Kier alpha value is -1.85. The highest BCUT2D eigenvalue weighted by molar-refractivity contribution is 7.14. The van der Waals surface area contributed by atoms with Crippen molar-refractivity contribution in [1.82, 2.24) is 4.98 Å². The molecule has 1 heterocycles. The first-order chi connectivity index (χ1) is 11.0. The van der Waals surface area contributed by atoms with Gasteiger partial charge in [0.1, 0.15) is 0 Å². The van der Waals surface area contributed by atoms with Crippen molar-refractivity contribution < 1.29 is 4.79 Å². The molecule has 1 amide bonds. The van der Waals surface area contributed by atoms with Gasteiger partial charge in [0.2, 0.25) is 5.91 Å². The lowest BCUT2D eigenvalue weighted by Crippen LogP contribution is -2.32. The molecule has 0 unspecified atom stereocenters. The van der Waals surface area contributed by atoms with Gasteiger partial charge < -0.3 is 10.6 Å². The van der Waals surface area contributed by atoms with E-state index in [1.165, 1.54) is 11.3 Å². The fraction of sp³-hybridized carbons (Fsp3) is 0.294. The zero-order chi connectivity index (χ0) is 16.9. The maximum Gasteiger partial charge on any atom is 0.231 e. The number of anilines is 2. The van der Waals surface area contributed by atoms with E-state index in [-0.39, 0.29) is 11.8 Å². The molecule has 2 aromatic rings. The van der Waals surface area contributed by atoms with Gasteiger partial charge >= 0.3 is 0 Å². The number of halogens is 1. The molecule has 0 aliphatic carbocycles. The Bertz CT molecular complexity index is 697. The first-order valence-corrected chi connectivity index (χ1v) is 8.66. The zero-order valence-corrected chi connectivity index (χ0v) is 14.8. The number of benzene rings is 1. The number of hydrogen-bond donors (Lipinski definition) is 2. The van der Waals surface area contributed by atoms with Gasteiger partial charge in [0, 0.05) is 29.1 Å². The first kappa shape index (κ1) is 17.5. The number of amides is 1. The van der Waals surface area contributed by atoms with Crippen molar-refractivity contribution in [2.75, 3.05) is 23.1 Å². The summed E-state index contributed by atoms with van der Waals surface area (Å²) < 4.78 is 0. The second kappa shape index (κ2) is 7.62. The van der Waals surface area contributed by atoms with Gasteiger partial charge in [-0.3, -0.25) is 4.79 Å². The van der Waals surface area contributed by atoms with Crippen LogP contribution in [0.5, 0.6) is 0 Å². The Kier molecular flexibility index (Phi) is 5.80. The fourth-order valence-corrected chi connectivity index (χ4v) is 2.62. The molecule has 4 nitrogen and oxygen atoms in total. The number of thiazole rings is 1. The summed E-state index contributed by atoms with van der Waals surface area (Å²) in [5, 5.41) is 8.90. The van der Waals surface area contributed by atoms with E-state index in [9.17, 15) is 4.79 Å². The van der Waals surface area contributed by atoms with Gasteiger partial charge in [-0.2, -0.15) is 0 Å². The van der Waals surface area contributed by atoms with Crippen LogP contribution >= 0.6 is 22.9 Å². The summed E-state index contributed by atoms with van der Waals surface area (Å²) in [6.45, 7) is 7.98. The molecule has 0 bridgehead atoms. The van der Waals surface area contributed by atoms with E-state index in [0.717, 1.165) is 22.1 Å². The molecule has 0 fully saturated rings. The summed E-state index contributed by atoms with van der Waals surface area (Å²) in [6, 6.07) is 7.63. The molecule has 23 heavy (non-hydrogen) atoms. The maximum atomic E-state index is 12.2. The molecule has 0 spiro atoms. The number of carbonyl (C=O) groups excluding carboxylic acids is 1. The Balaban J connectivity index is 2.15. The maximum absolute atomic E-state index is 12.2. The van der Waals surface area contributed by atoms with E-state index in [0.29, 0.717) is 6.54 Å². The normalized spacial score (nSPS) is 11.1. The summed E-state index contributed by atoms with van der Waals surface area (Å²) in [5.41, 5.74) is 1.95. The third-order valence-corrected chi connectivity index (χ3v) is 4.73. The molecule has 0 saturated heterocycles. The average Bonchev–Trinajstić information content (AvgIpc) is 3.02. The number of nitrogens with one attached hydrogen (secondary N) is 2. The number of alkyl halides is 1. The lowest BCUT2D eigenvalue weighted by atomic mass is 9.95. The van der Waals surface area contributed by atoms with Crippen LogP contribution < -0.4 is 10.6 Å². The van der Waals surface area contributed by atoms with Gasteiger partial charge in [0.15, 0.2) is 5.13 Å². The predicted octanol–water partition coefficient (Wildman–Crippen LogP) is 4.61. The number of nitrogens with zero attached hydrogens (tertiary/aromatic N) is 1. The molecule has 0 aliphatic rings. The van der Waals surface area contributed by atoms with Crippen LogP contribution in [-0.2, 0) is 4.79 Å². The first-order valence-electron chi connectivity index (χ1n) is 7.24. The molecule has 1 aromatic heterocycles. The van der Waals surface area contributed by atoms with E-state index in [4.69, 9.17) is 11.6 Å². The van der Waals surface area contributed by atoms with Crippen molar-refractivity contribution in [3.8, 4) is 11.3 Å². The SMILES string of the molecule is C=CCNc1nc(-c2cccc(NC(=O)C(C)(C)CCl)c2)cs1. The van der Waals surface area contributed by atoms with E-state index in [1.807, 2.05) is 43.5 Å². The minimum atomic E-state index is -0.611. The van der Waals surface area contributed by atoms with Crippen LogP contribution in [0.25, 0.3) is 11.3 Å². The molecule has 2 rings (SSSR count). The monoisotopic (exact) mass is 349 g/mol. The summed E-state index contributed by atoms with van der Waals surface area (Å²) in [7, 11) is 0. The molecule has 0 saturated carbocycles. The van der Waals surface area contributed by atoms with Crippen molar-refractivity contribution in [2.45, 2.75) is 13.8 Å². The fourth-order valence-electron chi connectivity index (χ4n) is 1.76. The summed E-state index contributed by atoms with van der Waals surface area (Å²) in [5.74, 6) is 0.166. The summed E-state index contributed by atoms with van der Waals surface area (Å²) in [4.78, 5) is 16.7. The molecular formula is C17H20ClN3OS. The zero-order valence-electron chi connectivity index (χ0n) is 13.2. The van der Waals surface area contributed by atoms with Gasteiger partial charge in [-0.15, -0.1) is 29.5 Å². The van der Waals surface area contributed by atoms with E-state index in [1.54, 1.807) is 6.08 Å². The van der Waals surface area contributed by atoms with Crippen LogP contribution in [0.4, 0.5) is 10.8 Å². The summed E-state index contributed by atoms with van der Waals surface area (Å²) >= 11 is 7.38. The van der Waals surface area contributed by atoms with Crippen molar-refractivity contribution in [2.24, 2.45) is 5.41 Å². The Labute approximate surface area is 145 Å². The van der Waals surface area contributed by atoms with Gasteiger partial charge in [-0.05, 0) is 26.0 Å². The van der Waals surface area contributed by atoms with Crippen LogP contribution in [-0.4, -0.2) is 23.3 Å². The van der Waals surface area contributed by atoms with E-state index in [2.05, 4.69) is 22.2 Å². The quantitative estimate of drug-likeness (QED) is 0.566. The standard InChI is InChI=1S/C17H20ClN3OS/c1-4-8-19-16-21-14(10-23-16)12-6-5-7-13(9-12)20-15(22)17(2,3)11-18/h4-7,9-10H,1,8,11H2,2-3H3,(H,19,21)(H,20,22).